The van der Waals surface area contributed by atoms with Crippen LogP contribution < -0.4 is 11.1 Å². The molecule has 0 spiro atoms. The van der Waals surface area contributed by atoms with Crippen molar-refractivity contribution in [3.63, 3.8) is 0 Å². The van der Waals surface area contributed by atoms with E-state index in [1.807, 2.05) is 24.3 Å². The number of halogens is 1. The second-order valence-corrected chi connectivity index (χ2v) is 12.1. The number of rotatable bonds is 12. The number of carboxylic acid groups (broad SMARTS) is 1. The number of aromatic nitrogens is 1. The van der Waals surface area contributed by atoms with E-state index in [0.717, 1.165) is 37.0 Å². The summed E-state index contributed by atoms with van der Waals surface area (Å²) < 4.78 is 41.3. The highest BCUT2D eigenvalue weighted by atomic mass is 32.2. The van der Waals surface area contributed by atoms with E-state index in [9.17, 15) is 17.6 Å². The molecule has 3 aromatic rings. The zero-order valence-electron chi connectivity index (χ0n) is 21.4. The molecule has 1 atom stereocenters. The first-order valence-electron chi connectivity index (χ1n) is 12.2. The molecule has 0 aliphatic rings. The maximum atomic E-state index is 13.9. The highest BCUT2D eigenvalue weighted by Crippen LogP contribution is 2.35. The van der Waals surface area contributed by atoms with E-state index in [1.165, 1.54) is 24.3 Å². The number of nitrogens with one attached hydrogen (secondary N) is 1. The molecule has 0 saturated heterocycles. The Morgan fingerprint density at radius 1 is 1.05 bits per heavy atom. The van der Waals surface area contributed by atoms with Gasteiger partial charge >= 0.3 is 5.97 Å². The number of aliphatic carboxylic acids is 1. The Labute approximate surface area is 217 Å². The zero-order chi connectivity index (χ0) is 27.3. The van der Waals surface area contributed by atoms with Crippen LogP contribution in [0.5, 0.6) is 0 Å². The molecule has 3 rings (SSSR count). The molecule has 0 saturated carbocycles. The minimum absolute atomic E-state index is 0.0276. The van der Waals surface area contributed by atoms with Gasteiger partial charge in [0.25, 0.3) is 0 Å². The first-order chi connectivity index (χ1) is 17.4. The lowest BCUT2D eigenvalue weighted by molar-refractivity contribution is -0.134. The lowest BCUT2D eigenvalue weighted by atomic mass is 9.80. The molecule has 9 heteroatoms. The van der Waals surface area contributed by atoms with E-state index in [-0.39, 0.29) is 28.2 Å². The molecule has 0 aliphatic carbocycles. The van der Waals surface area contributed by atoms with Crippen molar-refractivity contribution in [1.29, 1.82) is 0 Å². The average Bonchev–Trinajstić information content (AvgIpc) is 2.87. The van der Waals surface area contributed by atoms with Gasteiger partial charge in [0.15, 0.2) is 4.87 Å². The van der Waals surface area contributed by atoms with Crippen LogP contribution in [0.4, 0.5) is 10.2 Å². The van der Waals surface area contributed by atoms with Gasteiger partial charge < -0.3 is 16.2 Å². The van der Waals surface area contributed by atoms with Crippen molar-refractivity contribution in [2.24, 2.45) is 5.73 Å². The molecule has 0 amide bonds. The van der Waals surface area contributed by atoms with E-state index in [0.29, 0.717) is 5.56 Å². The maximum Gasteiger partial charge on any atom is 0.322 e. The highest BCUT2D eigenvalue weighted by molar-refractivity contribution is 7.92. The summed E-state index contributed by atoms with van der Waals surface area (Å²) in [6.45, 7) is 6.13. The van der Waals surface area contributed by atoms with E-state index in [4.69, 9.17) is 10.8 Å². The Balaban J connectivity index is 2.05. The van der Waals surface area contributed by atoms with Crippen LogP contribution in [0.15, 0.2) is 71.6 Å². The molecule has 1 unspecified atom stereocenters. The fraction of sp³-hybridized carbons (Fsp3) is 0.357. The molecule has 2 aromatic carbocycles. The summed E-state index contributed by atoms with van der Waals surface area (Å²) in [6.07, 6.45) is 3.14. The summed E-state index contributed by atoms with van der Waals surface area (Å²) in [6, 6.07) is 16.8. The van der Waals surface area contributed by atoms with Gasteiger partial charge in [-0.05, 0) is 59.4 Å². The van der Waals surface area contributed by atoms with Crippen LogP contribution in [0.3, 0.4) is 0 Å². The third-order valence-corrected chi connectivity index (χ3v) is 8.77. The van der Waals surface area contributed by atoms with Gasteiger partial charge in [0.1, 0.15) is 18.2 Å². The fourth-order valence-corrected chi connectivity index (χ4v) is 5.88. The molecule has 0 aliphatic heterocycles. The van der Waals surface area contributed by atoms with Crippen LogP contribution in [0, 0.1) is 5.82 Å². The second kappa shape index (κ2) is 11.4. The zero-order valence-corrected chi connectivity index (χ0v) is 22.2. The molecule has 4 N–H and O–H groups in total. The van der Waals surface area contributed by atoms with Crippen molar-refractivity contribution < 1.29 is 22.7 Å². The Morgan fingerprint density at radius 3 is 2.30 bits per heavy atom. The SMILES string of the molecule is CCCCC(C)(C)c1ccc(CC(N)(c2cccc(NCC(=O)O)n2)S(=O)(=O)c2ccc(F)cc2)cc1. The number of unbranched alkanes of at least 4 members (excludes halogenated alkanes) is 1. The predicted octanol–water partition coefficient (Wildman–Crippen LogP) is 5.01. The van der Waals surface area contributed by atoms with Gasteiger partial charge in [0, 0.05) is 6.42 Å². The van der Waals surface area contributed by atoms with E-state index in [2.05, 4.69) is 31.1 Å². The van der Waals surface area contributed by atoms with Gasteiger partial charge in [0.2, 0.25) is 9.84 Å². The van der Waals surface area contributed by atoms with E-state index in [1.54, 1.807) is 6.07 Å². The number of carboxylic acids is 1. The topological polar surface area (TPSA) is 122 Å². The summed E-state index contributed by atoms with van der Waals surface area (Å²) in [5.74, 6) is -1.48. The number of nitrogens with two attached hydrogens (primary N) is 1. The van der Waals surface area contributed by atoms with Gasteiger partial charge in [-0.25, -0.2) is 17.8 Å². The van der Waals surface area contributed by atoms with Gasteiger partial charge in [-0.1, -0.05) is 63.9 Å². The van der Waals surface area contributed by atoms with Crippen LogP contribution in [-0.4, -0.2) is 31.0 Å². The molecule has 37 heavy (non-hydrogen) atoms. The smallest absolute Gasteiger partial charge is 0.322 e. The molecule has 198 valence electrons. The largest absolute Gasteiger partial charge is 0.480 e. The van der Waals surface area contributed by atoms with Crippen LogP contribution in [0.25, 0.3) is 0 Å². The number of carbonyl (C=O) groups is 1. The molecule has 0 fully saturated rings. The minimum atomic E-state index is -4.26. The summed E-state index contributed by atoms with van der Waals surface area (Å²) in [5.41, 5.74) is 8.57. The molecule has 1 aromatic heterocycles. The predicted molar refractivity (Wildman–Crippen MR) is 143 cm³/mol. The van der Waals surface area contributed by atoms with E-state index < -0.39 is 33.0 Å². The highest BCUT2D eigenvalue weighted by Gasteiger charge is 2.44. The van der Waals surface area contributed by atoms with Crippen LogP contribution >= 0.6 is 0 Å². The lowest BCUT2D eigenvalue weighted by Crippen LogP contribution is -2.47. The quantitative estimate of drug-likeness (QED) is 0.283. The normalized spacial score (nSPS) is 13.6. The number of anilines is 1. The van der Waals surface area contributed by atoms with Crippen molar-refractivity contribution in [1.82, 2.24) is 4.98 Å². The van der Waals surface area contributed by atoms with Crippen molar-refractivity contribution in [3.05, 3.63) is 89.4 Å². The molecule has 0 bridgehead atoms. The lowest BCUT2D eigenvalue weighted by Gasteiger charge is -2.30. The summed E-state index contributed by atoms with van der Waals surface area (Å²) in [5, 5.41) is 11.6. The summed E-state index contributed by atoms with van der Waals surface area (Å²) in [7, 11) is -4.26. The molecular formula is C28H34FN3O4S. The van der Waals surface area contributed by atoms with Gasteiger partial charge in [-0.15, -0.1) is 0 Å². The number of hydrogen-bond acceptors (Lipinski definition) is 6. The second-order valence-electron chi connectivity index (χ2n) is 9.86. The van der Waals surface area contributed by atoms with Crippen molar-refractivity contribution in [2.45, 2.75) is 61.6 Å². The van der Waals surface area contributed by atoms with Gasteiger partial charge in [0.05, 0.1) is 10.6 Å². The minimum Gasteiger partial charge on any atom is -0.480 e. The first-order valence-corrected chi connectivity index (χ1v) is 13.7. The Hall–Kier alpha value is -3.30. The van der Waals surface area contributed by atoms with Crippen molar-refractivity contribution >= 4 is 21.6 Å². The number of pyridine rings is 1. The standard InChI is InChI=1S/C28H34FN3O4S/c1-4-5-17-27(2,3)21-11-9-20(10-12-21)18-28(30,37(35,36)23-15-13-22(29)14-16-23)24-7-6-8-25(32-24)31-19-26(33)34/h6-16H,4-5,17-19,30H2,1-3H3,(H,31,32)(H,33,34). The summed E-state index contributed by atoms with van der Waals surface area (Å²) >= 11 is 0. The maximum absolute atomic E-state index is 13.9. The Kier molecular flexibility index (Phi) is 8.71. The Morgan fingerprint density at radius 2 is 1.70 bits per heavy atom. The fourth-order valence-electron chi connectivity index (χ4n) is 4.22. The number of benzene rings is 2. The van der Waals surface area contributed by atoms with Crippen LogP contribution in [0.2, 0.25) is 0 Å². The average molecular weight is 528 g/mol. The molecule has 1 heterocycles. The van der Waals surface area contributed by atoms with Crippen LogP contribution in [-0.2, 0) is 31.3 Å². The molecular weight excluding hydrogens is 493 g/mol. The molecule has 0 radical (unpaired) electrons. The number of hydrogen-bond donors (Lipinski definition) is 3. The monoisotopic (exact) mass is 527 g/mol. The number of sulfone groups is 1. The molecule has 7 nitrogen and oxygen atoms in total. The first kappa shape index (κ1) is 28.3. The van der Waals surface area contributed by atoms with Gasteiger partial charge in [-0.2, -0.15) is 0 Å². The van der Waals surface area contributed by atoms with Crippen molar-refractivity contribution in [2.75, 3.05) is 11.9 Å². The van der Waals surface area contributed by atoms with Crippen LogP contribution in [0.1, 0.15) is 56.9 Å². The van der Waals surface area contributed by atoms with Gasteiger partial charge in [-0.3, -0.25) is 4.79 Å². The Bertz CT molecular complexity index is 1330. The summed E-state index contributed by atoms with van der Waals surface area (Å²) in [4.78, 5) is 13.2. The third kappa shape index (κ3) is 6.53. The van der Waals surface area contributed by atoms with Crippen molar-refractivity contribution in [3.8, 4) is 0 Å². The van der Waals surface area contributed by atoms with E-state index >= 15 is 0 Å². The third-order valence-electron chi connectivity index (χ3n) is 6.56. The number of nitrogens with zero attached hydrogens (tertiary/aromatic N) is 1.